The zero-order chi connectivity index (χ0) is 13.9. The zero-order valence-electron chi connectivity index (χ0n) is 12.1. The fourth-order valence-electron chi connectivity index (χ4n) is 2.41. The molecule has 1 heterocycles. The van der Waals surface area contributed by atoms with E-state index in [1.54, 1.807) is 6.20 Å². The number of carbonyl (C=O) groups is 1. The fourth-order valence-corrected chi connectivity index (χ4v) is 2.41. The average molecular weight is 260 g/mol. The average Bonchev–Trinajstić information content (AvgIpc) is 2.25. The molecule has 1 amide bonds. The quantitative estimate of drug-likeness (QED) is 0.900. The van der Waals surface area contributed by atoms with Gasteiger partial charge in [0.1, 0.15) is 0 Å². The second-order valence-electron chi connectivity index (χ2n) is 6.74. The first kappa shape index (κ1) is 14.0. The van der Waals surface area contributed by atoms with Crippen molar-refractivity contribution in [3.8, 4) is 0 Å². The van der Waals surface area contributed by atoms with Crippen LogP contribution in [0.1, 0.15) is 58.1 Å². The number of rotatable bonds is 4. The molecule has 104 valence electrons. The van der Waals surface area contributed by atoms with Crippen LogP contribution in [-0.2, 0) is 4.79 Å². The summed E-state index contributed by atoms with van der Waals surface area (Å²) in [5, 5.41) is 3.21. The molecule has 2 rings (SSSR count). The van der Waals surface area contributed by atoms with E-state index < -0.39 is 0 Å². The summed E-state index contributed by atoms with van der Waals surface area (Å²) in [4.78, 5) is 16.3. The van der Waals surface area contributed by atoms with Gasteiger partial charge in [-0.15, -0.1) is 0 Å². The van der Waals surface area contributed by atoms with Crippen LogP contribution in [0.15, 0.2) is 24.5 Å². The molecule has 1 N–H and O–H groups in total. The van der Waals surface area contributed by atoms with Crippen molar-refractivity contribution in [1.29, 1.82) is 0 Å². The topological polar surface area (TPSA) is 42.0 Å². The zero-order valence-corrected chi connectivity index (χ0v) is 12.1. The minimum atomic E-state index is 0.0711. The predicted molar refractivity (Wildman–Crippen MR) is 76.5 cm³/mol. The van der Waals surface area contributed by atoms with Crippen molar-refractivity contribution < 1.29 is 4.79 Å². The van der Waals surface area contributed by atoms with Gasteiger partial charge < -0.3 is 5.32 Å². The number of pyridine rings is 1. The van der Waals surface area contributed by atoms with Crippen molar-refractivity contribution in [3.63, 3.8) is 0 Å². The van der Waals surface area contributed by atoms with Crippen LogP contribution in [0.3, 0.4) is 0 Å². The highest BCUT2D eigenvalue weighted by atomic mass is 16.2. The normalized spacial score (nSPS) is 17.6. The second kappa shape index (κ2) is 5.72. The van der Waals surface area contributed by atoms with Crippen molar-refractivity contribution in [3.05, 3.63) is 30.1 Å². The van der Waals surface area contributed by atoms with E-state index in [1.807, 2.05) is 18.3 Å². The van der Waals surface area contributed by atoms with Crippen molar-refractivity contribution in [2.75, 3.05) is 0 Å². The molecule has 3 nitrogen and oxygen atoms in total. The van der Waals surface area contributed by atoms with Crippen LogP contribution in [0.5, 0.6) is 0 Å². The summed E-state index contributed by atoms with van der Waals surface area (Å²) < 4.78 is 0. The summed E-state index contributed by atoms with van der Waals surface area (Å²) in [5.41, 5.74) is 1.28. The monoisotopic (exact) mass is 260 g/mol. The third kappa shape index (κ3) is 4.05. The fraction of sp³-hybridized carbons (Fsp3) is 0.625. The molecular formula is C16H24N2O. The van der Waals surface area contributed by atoms with E-state index in [4.69, 9.17) is 0 Å². The number of nitrogens with zero attached hydrogens (tertiary/aromatic N) is 1. The Hall–Kier alpha value is -1.38. The van der Waals surface area contributed by atoms with Crippen LogP contribution in [-0.4, -0.2) is 10.9 Å². The molecular weight excluding hydrogens is 236 g/mol. The van der Waals surface area contributed by atoms with E-state index in [-0.39, 0.29) is 23.3 Å². The first-order chi connectivity index (χ1) is 8.96. The van der Waals surface area contributed by atoms with Crippen LogP contribution >= 0.6 is 0 Å². The summed E-state index contributed by atoms with van der Waals surface area (Å²) in [5.74, 6) is 0.448. The number of hydrogen-bond acceptors (Lipinski definition) is 2. The highest BCUT2D eigenvalue weighted by Crippen LogP contribution is 2.31. The molecule has 1 aromatic rings. The Balaban J connectivity index is 2.07. The number of hydrogen-bond donors (Lipinski definition) is 1. The predicted octanol–water partition coefficient (Wildman–Crippen LogP) is 3.48. The molecule has 1 atom stereocenters. The summed E-state index contributed by atoms with van der Waals surface area (Å²) in [7, 11) is 0. The summed E-state index contributed by atoms with van der Waals surface area (Å²) in [6.45, 7) is 6.60. The van der Waals surface area contributed by atoms with E-state index in [0.717, 1.165) is 24.8 Å². The third-order valence-electron chi connectivity index (χ3n) is 3.70. The summed E-state index contributed by atoms with van der Waals surface area (Å²) in [6.07, 6.45) is 7.83. The maximum atomic E-state index is 12.2. The van der Waals surface area contributed by atoms with Gasteiger partial charge in [-0.25, -0.2) is 0 Å². The summed E-state index contributed by atoms with van der Waals surface area (Å²) >= 11 is 0. The van der Waals surface area contributed by atoms with Gasteiger partial charge in [0.25, 0.3) is 0 Å². The Morgan fingerprint density at radius 2 is 2.21 bits per heavy atom. The molecule has 1 aliphatic rings. The first-order valence-electron chi connectivity index (χ1n) is 7.16. The van der Waals surface area contributed by atoms with Crippen molar-refractivity contribution in [2.24, 2.45) is 11.3 Å². The Morgan fingerprint density at radius 3 is 2.68 bits per heavy atom. The maximum Gasteiger partial charge on any atom is 0.223 e. The number of carbonyl (C=O) groups excluding carboxylic acids is 1. The van der Waals surface area contributed by atoms with Gasteiger partial charge in [0.2, 0.25) is 5.91 Å². The van der Waals surface area contributed by atoms with Gasteiger partial charge in [0.15, 0.2) is 0 Å². The lowest BCUT2D eigenvalue weighted by Crippen LogP contribution is -2.38. The number of nitrogens with one attached hydrogen (secondary N) is 1. The second-order valence-corrected chi connectivity index (χ2v) is 6.74. The largest absolute Gasteiger partial charge is 0.349 e. The van der Waals surface area contributed by atoms with Crippen LogP contribution in [0, 0.1) is 11.3 Å². The molecule has 19 heavy (non-hydrogen) atoms. The van der Waals surface area contributed by atoms with Crippen LogP contribution in [0.25, 0.3) is 0 Å². The van der Waals surface area contributed by atoms with E-state index >= 15 is 0 Å². The molecule has 3 heteroatoms. The number of aromatic nitrogens is 1. The van der Waals surface area contributed by atoms with E-state index in [2.05, 4.69) is 31.1 Å². The van der Waals surface area contributed by atoms with Gasteiger partial charge in [0, 0.05) is 18.3 Å². The minimum Gasteiger partial charge on any atom is -0.349 e. The molecule has 0 unspecified atom stereocenters. The Labute approximate surface area is 115 Å². The highest BCUT2D eigenvalue weighted by molar-refractivity contribution is 5.79. The van der Waals surface area contributed by atoms with Gasteiger partial charge >= 0.3 is 0 Å². The van der Waals surface area contributed by atoms with E-state index in [0.29, 0.717) is 0 Å². The molecule has 1 aromatic heterocycles. The van der Waals surface area contributed by atoms with Crippen molar-refractivity contribution >= 4 is 5.91 Å². The Morgan fingerprint density at radius 1 is 1.47 bits per heavy atom. The van der Waals surface area contributed by atoms with Crippen LogP contribution in [0.4, 0.5) is 0 Å². The van der Waals surface area contributed by atoms with Crippen LogP contribution in [0.2, 0.25) is 0 Å². The number of amides is 1. The van der Waals surface area contributed by atoms with E-state index in [1.165, 1.54) is 6.42 Å². The Kier molecular flexibility index (Phi) is 4.23. The van der Waals surface area contributed by atoms with Crippen LogP contribution < -0.4 is 5.32 Å². The standard InChI is InChI=1S/C16H24N2O/c1-16(2,3)10-14(13-8-5-9-17-11-13)18-15(19)12-6-4-7-12/h5,8-9,11-12,14H,4,6-7,10H2,1-3H3,(H,18,19)/t14-/m0/s1. The smallest absolute Gasteiger partial charge is 0.223 e. The van der Waals surface area contributed by atoms with Crippen molar-refractivity contribution in [2.45, 2.75) is 52.5 Å². The highest BCUT2D eigenvalue weighted by Gasteiger charge is 2.29. The molecule has 1 fully saturated rings. The summed E-state index contributed by atoms with van der Waals surface area (Å²) in [6, 6.07) is 4.05. The van der Waals surface area contributed by atoms with Gasteiger partial charge in [-0.3, -0.25) is 9.78 Å². The minimum absolute atomic E-state index is 0.0711. The molecule has 0 spiro atoms. The van der Waals surface area contributed by atoms with E-state index in [9.17, 15) is 4.79 Å². The molecule has 1 saturated carbocycles. The van der Waals surface area contributed by atoms with Gasteiger partial charge in [-0.05, 0) is 36.3 Å². The molecule has 0 bridgehead atoms. The van der Waals surface area contributed by atoms with Gasteiger partial charge in [0.05, 0.1) is 6.04 Å². The lowest BCUT2D eigenvalue weighted by atomic mass is 9.82. The SMILES string of the molecule is CC(C)(C)C[C@H](NC(=O)C1CCC1)c1cccnc1. The van der Waals surface area contributed by atoms with Crippen molar-refractivity contribution in [1.82, 2.24) is 10.3 Å². The third-order valence-corrected chi connectivity index (χ3v) is 3.70. The maximum absolute atomic E-state index is 12.2. The first-order valence-corrected chi connectivity index (χ1v) is 7.16. The lowest BCUT2D eigenvalue weighted by molar-refractivity contribution is -0.128. The van der Waals surface area contributed by atoms with Gasteiger partial charge in [-0.1, -0.05) is 33.3 Å². The molecule has 0 radical (unpaired) electrons. The molecule has 0 saturated heterocycles. The molecule has 0 aliphatic heterocycles. The molecule has 0 aromatic carbocycles. The molecule has 1 aliphatic carbocycles. The Bertz CT molecular complexity index is 418. The lowest BCUT2D eigenvalue weighted by Gasteiger charge is -2.31. The van der Waals surface area contributed by atoms with Gasteiger partial charge in [-0.2, -0.15) is 0 Å².